The number of ether oxygens (including phenoxy) is 1. The molecule has 0 spiro atoms. The maximum absolute atomic E-state index is 12.8. The van der Waals surface area contributed by atoms with Gasteiger partial charge in [-0.05, 0) is 55.5 Å². The van der Waals surface area contributed by atoms with Gasteiger partial charge in [-0.2, -0.15) is 0 Å². The third-order valence-corrected chi connectivity index (χ3v) is 4.70. The highest BCUT2D eigenvalue weighted by atomic mass is 16.5. The minimum atomic E-state index is -0.432. The zero-order chi connectivity index (χ0) is 18.7. The van der Waals surface area contributed by atoms with Gasteiger partial charge < -0.3 is 15.0 Å². The highest BCUT2D eigenvalue weighted by Gasteiger charge is 2.37. The summed E-state index contributed by atoms with van der Waals surface area (Å²) in [7, 11) is 3.12. The van der Waals surface area contributed by atoms with E-state index in [1.165, 1.54) is 7.11 Å². The molecule has 1 saturated carbocycles. The van der Waals surface area contributed by atoms with Crippen molar-refractivity contribution < 1.29 is 14.3 Å². The largest absolute Gasteiger partial charge is 0.465 e. The molecule has 2 aromatic rings. The molecule has 1 fully saturated rings. The smallest absolute Gasteiger partial charge is 0.337 e. The van der Waals surface area contributed by atoms with Crippen molar-refractivity contribution in [3.63, 3.8) is 0 Å². The molecule has 1 heterocycles. The first-order valence-corrected chi connectivity index (χ1v) is 8.65. The second kappa shape index (κ2) is 7.56. The number of urea groups is 1. The van der Waals surface area contributed by atoms with Gasteiger partial charge in [0, 0.05) is 18.9 Å². The second-order valence-corrected chi connectivity index (χ2v) is 6.60. The Labute approximate surface area is 153 Å². The van der Waals surface area contributed by atoms with E-state index in [-0.39, 0.29) is 12.1 Å². The van der Waals surface area contributed by atoms with Crippen LogP contribution in [0.1, 0.15) is 40.5 Å². The fourth-order valence-electron chi connectivity index (χ4n) is 3.05. The lowest BCUT2D eigenvalue weighted by Crippen LogP contribution is -2.36. The summed E-state index contributed by atoms with van der Waals surface area (Å²) in [5.74, 6) is 0.00125. The average Bonchev–Trinajstić information content (AvgIpc) is 3.48. The van der Waals surface area contributed by atoms with Crippen LogP contribution in [-0.2, 0) is 4.74 Å². The van der Waals surface area contributed by atoms with Gasteiger partial charge in [-0.1, -0.05) is 12.1 Å². The van der Waals surface area contributed by atoms with Crippen LogP contribution in [0.3, 0.4) is 0 Å². The van der Waals surface area contributed by atoms with Crippen molar-refractivity contribution in [2.75, 3.05) is 19.5 Å². The van der Waals surface area contributed by atoms with Gasteiger partial charge in [0.2, 0.25) is 0 Å². The number of carbonyl (C=O) groups is 2. The summed E-state index contributed by atoms with van der Waals surface area (Å²) in [5, 5.41) is 2.91. The first-order chi connectivity index (χ1) is 12.5. The highest BCUT2D eigenvalue weighted by Crippen LogP contribution is 2.43. The van der Waals surface area contributed by atoms with E-state index in [0.717, 1.165) is 24.1 Å². The Morgan fingerprint density at radius 1 is 1.27 bits per heavy atom. The molecule has 0 saturated heterocycles. The topological polar surface area (TPSA) is 71.5 Å². The van der Waals surface area contributed by atoms with Crippen LogP contribution < -0.4 is 5.32 Å². The molecule has 6 heteroatoms. The number of benzene rings is 1. The molecular weight excluding hydrogens is 330 g/mol. The number of aryl methyl sites for hydroxylation is 1. The lowest BCUT2D eigenvalue weighted by atomic mass is 10.1. The van der Waals surface area contributed by atoms with Crippen LogP contribution in [0, 0.1) is 12.8 Å². The van der Waals surface area contributed by atoms with Gasteiger partial charge in [-0.15, -0.1) is 0 Å². The number of rotatable bonds is 5. The minimum absolute atomic E-state index is 0.0553. The van der Waals surface area contributed by atoms with Crippen molar-refractivity contribution in [1.29, 1.82) is 0 Å². The van der Waals surface area contributed by atoms with Gasteiger partial charge in [0.25, 0.3) is 0 Å². The van der Waals surface area contributed by atoms with Crippen LogP contribution >= 0.6 is 0 Å². The molecule has 1 aliphatic carbocycles. The third-order valence-electron chi connectivity index (χ3n) is 4.70. The van der Waals surface area contributed by atoms with Crippen LogP contribution in [0.4, 0.5) is 10.5 Å². The summed E-state index contributed by atoms with van der Waals surface area (Å²) in [4.78, 5) is 30.7. The number of amides is 2. The molecule has 1 aromatic carbocycles. The van der Waals surface area contributed by atoms with Gasteiger partial charge in [-0.25, -0.2) is 9.59 Å². The second-order valence-electron chi connectivity index (χ2n) is 6.60. The summed E-state index contributed by atoms with van der Waals surface area (Å²) in [6, 6.07) is 10.6. The molecule has 1 N–H and O–H groups in total. The van der Waals surface area contributed by atoms with Crippen LogP contribution in [-0.4, -0.2) is 36.0 Å². The molecule has 0 radical (unpaired) electrons. The quantitative estimate of drug-likeness (QED) is 0.830. The Balaban J connectivity index is 1.79. The van der Waals surface area contributed by atoms with E-state index >= 15 is 0 Å². The van der Waals surface area contributed by atoms with E-state index in [1.807, 2.05) is 25.1 Å². The maximum Gasteiger partial charge on any atom is 0.337 e. The Morgan fingerprint density at radius 3 is 2.65 bits per heavy atom. The van der Waals surface area contributed by atoms with E-state index in [2.05, 4.69) is 10.3 Å². The number of carbonyl (C=O) groups excluding carboxylic acids is 2. The minimum Gasteiger partial charge on any atom is -0.465 e. The standard InChI is InChI=1S/C20H23N3O3/c1-13-7-8-15(19(24)26-3)12-17(13)22-20(25)23(2)18(14-9-10-14)16-6-4-5-11-21-16/h4-8,11-12,14,18H,9-10H2,1-3H3,(H,22,25)/t18-/m1/s1. The lowest BCUT2D eigenvalue weighted by Gasteiger charge is -2.28. The van der Waals surface area contributed by atoms with Crippen molar-refractivity contribution in [3.05, 3.63) is 59.4 Å². The van der Waals surface area contributed by atoms with Crippen molar-refractivity contribution in [2.24, 2.45) is 5.92 Å². The summed E-state index contributed by atoms with van der Waals surface area (Å²) in [6.07, 6.45) is 3.94. The first kappa shape index (κ1) is 17.9. The van der Waals surface area contributed by atoms with Gasteiger partial charge in [0.15, 0.2) is 0 Å². The molecule has 0 bridgehead atoms. The predicted octanol–water partition coefficient (Wildman–Crippen LogP) is 3.79. The highest BCUT2D eigenvalue weighted by molar-refractivity contribution is 5.94. The number of nitrogens with one attached hydrogen (secondary N) is 1. The van der Waals surface area contributed by atoms with Crippen molar-refractivity contribution >= 4 is 17.7 Å². The van der Waals surface area contributed by atoms with E-state index < -0.39 is 5.97 Å². The number of hydrogen-bond donors (Lipinski definition) is 1. The molecule has 26 heavy (non-hydrogen) atoms. The number of hydrogen-bond acceptors (Lipinski definition) is 4. The van der Waals surface area contributed by atoms with Crippen LogP contribution in [0.15, 0.2) is 42.6 Å². The van der Waals surface area contributed by atoms with E-state index in [1.54, 1.807) is 36.3 Å². The molecule has 3 rings (SSSR count). The van der Waals surface area contributed by atoms with E-state index in [9.17, 15) is 9.59 Å². The molecule has 1 atom stereocenters. The fourth-order valence-corrected chi connectivity index (χ4v) is 3.05. The molecule has 136 valence electrons. The molecule has 0 aliphatic heterocycles. The van der Waals surface area contributed by atoms with Crippen LogP contribution in [0.5, 0.6) is 0 Å². The number of anilines is 1. The van der Waals surface area contributed by atoms with Gasteiger partial charge in [-0.3, -0.25) is 4.98 Å². The van der Waals surface area contributed by atoms with E-state index in [4.69, 9.17) is 4.74 Å². The third kappa shape index (κ3) is 3.85. The first-order valence-electron chi connectivity index (χ1n) is 8.65. The molecule has 1 aromatic heterocycles. The fraction of sp³-hybridized carbons (Fsp3) is 0.350. The van der Waals surface area contributed by atoms with Crippen molar-refractivity contribution in [1.82, 2.24) is 9.88 Å². The summed E-state index contributed by atoms with van der Waals surface area (Å²) in [6.45, 7) is 1.88. The van der Waals surface area contributed by atoms with Gasteiger partial charge >= 0.3 is 12.0 Å². The number of pyridine rings is 1. The van der Waals surface area contributed by atoms with Crippen molar-refractivity contribution in [2.45, 2.75) is 25.8 Å². The van der Waals surface area contributed by atoms with Gasteiger partial charge in [0.1, 0.15) is 0 Å². The van der Waals surface area contributed by atoms with Gasteiger partial charge in [0.05, 0.1) is 24.4 Å². The van der Waals surface area contributed by atoms with Crippen molar-refractivity contribution in [3.8, 4) is 0 Å². The SMILES string of the molecule is COC(=O)c1ccc(C)c(NC(=O)N(C)[C@@H](c2ccccn2)C2CC2)c1. The molecule has 0 unspecified atom stereocenters. The van der Waals surface area contributed by atoms with E-state index in [0.29, 0.717) is 17.2 Å². The molecule has 1 aliphatic rings. The number of methoxy groups -OCH3 is 1. The number of nitrogens with zero attached hydrogens (tertiary/aromatic N) is 2. The Kier molecular flexibility index (Phi) is 5.21. The Hall–Kier alpha value is -2.89. The maximum atomic E-state index is 12.8. The monoisotopic (exact) mass is 353 g/mol. The molecule has 2 amide bonds. The Morgan fingerprint density at radius 2 is 2.04 bits per heavy atom. The zero-order valence-corrected chi connectivity index (χ0v) is 15.2. The van der Waals surface area contributed by atoms with Crippen LogP contribution in [0.25, 0.3) is 0 Å². The summed E-state index contributed by atoms with van der Waals surface area (Å²) in [5.41, 5.74) is 2.77. The average molecular weight is 353 g/mol. The number of aromatic nitrogens is 1. The molecule has 6 nitrogen and oxygen atoms in total. The lowest BCUT2D eigenvalue weighted by molar-refractivity contribution is 0.0600. The summed E-state index contributed by atoms with van der Waals surface area (Å²) >= 11 is 0. The molecular formula is C20H23N3O3. The Bertz CT molecular complexity index is 803. The van der Waals surface area contributed by atoms with Crippen LogP contribution in [0.2, 0.25) is 0 Å². The normalized spacial score (nSPS) is 14.4. The number of esters is 1. The predicted molar refractivity (Wildman–Crippen MR) is 99.0 cm³/mol. The zero-order valence-electron chi connectivity index (χ0n) is 15.2. The summed E-state index contributed by atoms with van der Waals surface area (Å²) < 4.78 is 4.75.